The number of aliphatic hydroxyl groups is 1. The van der Waals surface area contributed by atoms with E-state index in [1.165, 1.54) is 50.5 Å². The van der Waals surface area contributed by atoms with Gasteiger partial charge in [-0.05, 0) is 106 Å². The van der Waals surface area contributed by atoms with Gasteiger partial charge in [0.1, 0.15) is 0 Å². The van der Waals surface area contributed by atoms with E-state index in [4.69, 9.17) is 0 Å². The molecule has 8 unspecified atom stereocenters. The summed E-state index contributed by atoms with van der Waals surface area (Å²) in [5.74, 6) is 5.49. The Morgan fingerprint density at radius 3 is 2.33 bits per heavy atom. The van der Waals surface area contributed by atoms with Crippen LogP contribution in [0.4, 0.5) is 0 Å². The van der Waals surface area contributed by atoms with Crippen LogP contribution in [0.15, 0.2) is 12.2 Å². The monoisotopic (exact) mass is 332 g/mol. The molecule has 1 heteroatoms. The van der Waals surface area contributed by atoms with Crippen LogP contribution in [0.5, 0.6) is 0 Å². The highest BCUT2D eigenvalue weighted by atomic mass is 16.3. The van der Waals surface area contributed by atoms with Crippen LogP contribution in [-0.4, -0.2) is 11.2 Å². The maximum absolute atomic E-state index is 10.0. The van der Waals surface area contributed by atoms with Gasteiger partial charge >= 0.3 is 0 Å². The van der Waals surface area contributed by atoms with Gasteiger partial charge in [-0.15, -0.1) is 0 Å². The Labute approximate surface area is 150 Å². The summed E-state index contributed by atoms with van der Waals surface area (Å²) in [4.78, 5) is 0. The van der Waals surface area contributed by atoms with Crippen molar-refractivity contribution in [1.29, 1.82) is 0 Å². The smallest absolute Gasteiger partial charge is 0.0543 e. The highest BCUT2D eigenvalue weighted by molar-refractivity contribution is 5.13. The second kappa shape index (κ2) is 7.14. The minimum atomic E-state index is 0.00549. The van der Waals surface area contributed by atoms with Crippen molar-refractivity contribution >= 4 is 0 Å². The lowest BCUT2D eigenvalue weighted by Crippen LogP contribution is -2.49. The normalized spacial score (nSPS) is 50.0. The molecule has 4 aliphatic rings. The third-order valence-corrected chi connectivity index (χ3v) is 8.52. The van der Waals surface area contributed by atoms with E-state index in [1.807, 2.05) is 13.8 Å². The second-order valence-electron chi connectivity index (χ2n) is 9.42. The molecule has 0 aromatic carbocycles. The van der Waals surface area contributed by atoms with Crippen molar-refractivity contribution in [3.63, 3.8) is 0 Å². The number of hydrogen-bond acceptors (Lipinski definition) is 1. The number of allylic oxidation sites excluding steroid dienone is 1. The molecule has 0 amide bonds. The molecule has 0 saturated heterocycles. The molecule has 8 atom stereocenters. The van der Waals surface area contributed by atoms with Crippen LogP contribution in [0, 0.1) is 40.9 Å². The maximum atomic E-state index is 10.0. The highest BCUT2D eigenvalue weighted by Crippen LogP contribution is 2.65. The van der Waals surface area contributed by atoms with Crippen LogP contribution in [0.25, 0.3) is 0 Å². The molecule has 0 spiro atoms. The molecule has 4 aliphatic carbocycles. The van der Waals surface area contributed by atoms with E-state index < -0.39 is 0 Å². The lowest BCUT2D eigenvalue weighted by molar-refractivity contribution is -0.0740. The van der Waals surface area contributed by atoms with Gasteiger partial charge in [0.15, 0.2) is 0 Å². The Hall–Kier alpha value is -0.300. The largest absolute Gasteiger partial charge is 0.393 e. The minimum absolute atomic E-state index is 0.00549. The SMILES string of the molecule is C=C(C)C1CCC2C3CCC4CC(O)CCC4C3CCC12C.CC. The van der Waals surface area contributed by atoms with Gasteiger partial charge in [0, 0.05) is 0 Å². The van der Waals surface area contributed by atoms with E-state index in [-0.39, 0.29) is 6.10 Å². The molecule has 0 bridgehead atoms. The lowest BCUT2D eigenvalue weighted by Gasteiger charge is -2.56. The predicted molar refractivity (Wildman–Crippen MR) is 103 cm³/mol. The van der Waals surface area contributed by atoms with Crippen LogP contribution in [0.1, 0.15) is 85.5 Å². The van der Waals surface area contributed by atoms with E-state index in [2.05, 4.69) is 20.4 Å². The maximum Gasteiger partial charge on any atom is 0.0543 e. The molecule has 4 fully saturated rings. The highest BCUT2D eigenvalue weighted by Gasteiger charge is 2.56. The molecule has 138 valence electrons. The van der Waals surface area contributed by atoms with E-state index in [1.54, 1.807) is 0 Å². The zero-order valence-corrected chi connectivity index (χ0v) is 16.6. The van der Waals surface area contributed by atoms with Gasteiger partial charge in [-0.1, -0.05) is 32.9 Å². The van der Waals surface area contributed by atoms with Gasteiger partial charge in [0.25, 0.3) is 0 Å². The topological polar surface area (TPSA) is 20.2 Å². The van der Waals surface area contributed by atoms with Gasteiger partial charge in [-0.25, -0.2) is 0 Å². The van der Waals surface area contributed by atoms with Crippen LogP contribution >= 0.6 is 0 Å². The minimum Gasteiger partial charge on any atom is -0.393 e. The second-order valence-corrected chi connectivity index (χ2v) is 9.42. The van der Waals surface area contributed by atoms with Crippen LogP contribution in [-0.2, 0) is 0 Å². The fourth-order valence-electron chi connectivity index (χ4n) is 7.64. The first-order valence-corrected chi connectivity index (χ1v) is 10.8. The summed E-state index contributed by atoms with van der Waals surface area (Å²) < 4.78 is 0. The fourth-order valence-corrected chi connectivity index (χ4v) is 7.64. The molecular formula is C23H40O. The average molecular weight is 333 g/mol. The number of hydrogen-bond donors (Lipinski definition) is 1. The van der Waals surface area contributed by atoms with Crippen molar-refractivity contribution in [2.24, 2.45) is 40.9 Å². The molecule has 4 rings (SSSR count). The summed E-state index contributed by atoms with van der Waals surface area (Å²) in [5.41, 5.74) is 1.99. The van der Waals surface area contributed by atoms with Crippen molar-refractivity contribution in [1.82, 2.24) is 0 Å². The molecule has 4 saturated carbocycles. The zero-order chi connectivity index (χ0) is 17.5. The van der Waals surface area contributed by atoms with E-state index in [9.17, 15) is 5.11 Å². The van der Waals surface area contributed by atoms with E-state index in [0.29, 0.717) is 5.41 Å². The third kappa shape index (κ3) is 2.89. The summed E-state index contributed by atoms with van der Waals surface area (Å²) >= 11 is 0. The van der Waals surface area contributed by atoms with Crippen LogP contribution in [0.3, 0.4) is 0 Å². The molecule has 0 aliphatic heterocycles. The van der Waals surface area contributed by atoms with Crippen molar-refractivity contribution in [3.8, 4) is 0 Å². The van der Waals surface area contributed by atoms with Crippen molar-refractivity contribution in [2.45, 2.75) is 91.6 Å². The summed E-state index contributed by atoms with van der Waals surface area (Å²) in [6.07, 6.45) is 12.1. The van der Waals surface area contributed by atoms with Gasteiger partial charge in [-0.3, -0.25) is 0 Å². The fraction of sp³-hybridized carbons (Fsp3) is 0.913. The standard InChI is InChI=1S/C21H34O.C2H6/c1-13(2)19-8-9-20-18-6-4-14-12-15(22)5-7-16(14)17(18)10-11-21(19,20)3;1-2/h14-20,22H,1,4-12H2,2-3H3;1-2H3. The molecule has 0 radical (unpaired) electrons. The molecule has 24 heavy (non-hydrogen) atoms. The van der Waals surface area contributed by atoms with Crippen LogP contribution in [0.2, 0.25) is 0 Å². The van der Waals surface area contributed by atoms with Crippen molar-refractivity contribution in [3.05, 3.63) is 12.2 Å². The molecular weight excluding hydrogens is 292 g/mol. The Kier molecular flexibility index (Phi) is 5.50. The number of fused-ring (bicyclic) bond motifs is 5. The first-order valence-electron chi connectivity index (χ1n) is 10.8. The summed E-state index contributed by atoms with van der Waals surface area (Å²) in [7, 11) is 0. The average Bonchev–Trinajstić information content (AvgIpc) is 2.93. The summed E-state index contributed by atoms with van der Waals surface area (Å²) in [6, 6.07) is 0. The Bertz CT molecular complexity index is 455. The first-order chi connectivity index (χ1) is 11.5. The number of rotatable bonds is 1. The molecule has 0 heterocycles. The molecule has 1 N–H and O–H groups in total. The van der Waals surface area contributed by atoms with E-state index in [0.717, 1.165) is 48.3 Å². The summed E-state index contributed by atoms with van der Waals surface area (Å²) in [6.45, 7) is 13.2. The van der Waals surface area contributed by atoms with Gasteiger partial charge in [0.2, 0.25) is 0 Å². The predicted octanol–water partition coefficient (Wildman–Crippen LogP) is 6.22. The molecule has 1 nitrogen and oxygen atoms in total. The van der Waals surface area contributed by atoms with Gasteiger partial charge in [-0.2, -0.15) is 0 Å². The quantitative estimate of drug-likeness (QED) is 0.565. The Balaban J connectivity index is 0.000000815. The van der Waals surface area contributed by atoms with Gasteiger partial charge < -0.3 is 5.11 Å². The molecule has 0 aromatic rings. The number of aliphatic hydroxyl groups excluding tert-OH is 1. The van der Waals surface area contributed by atoms with Crippen LogP contribution < -0.4 is 0 Å². The lowest BCUT2D eigenvalue weighted by atomic mass is 9.49. The molecule has 0 aromatic heterocycles. The van der Waals surface area contributed by atoms with Crippen molar-refractivity contribution in [2.75, 3.05) is 0 Å². The van der Waals surface area contributed by atoms with Gasteiger partial charge in [0.05, 0.1) is 6.10 Å². The van der Waals surface area contributed by atoms with Crippen molar-refractivity contribution < 1.29 is 5.11 Å². The Morgan fingerprint density at radius 2 is 1.62 bits per heavy atom. The first kappa shape index (κ1) is 18.5. The Morgan fingerprint density at radius 1 is 0.917 bits per heavy atom. The summed E-state index contributed by atoms with van der Waals surface area (Å²) in [5, 5.41) is 10.0. The van der Waals surface area contributed by atoms with E-state index >= 15 is 0 Å². The third-order valence-electron chi connectivity index (χ3n) is 8.52. The zero-order valence-electron chi connectivity index (χ0n) is 16.6.